The molecule has 0 bridgehead atoms. The molecule has 2 N–H and O–H groups in total. The highest BCUT2D eigenvalue weighted by Gasteiger charge is 2.46. The van der Waals surface area contributed by atoms with E-state index in [1.54, 1.807) is 0 Å². The summed E-state index contributed by atoms with van der Waals surface area (Å²) in [5.41, 5.74) is -1.35. The molecule has 2 rings (SSSR count). The minimum absolute atomic E-state index is 0.0113. The van der Waals surface area contributed by atoms with Crippen molar-refractivity contribution in [2.45, 2.75) is 95.5 Å². The molecule has 1 unspecified atom stereocenters. The Morgan fingerprint density at radius 3 is 2.30 bits per heavy atom. The topological polar surface area (TPSA) is 58.6 Å². The number of carbonyl (C=O) groups excluding carboxylic acids is 1. The Morgan fingerprint density at radius 1 is 1.20 bits per heavy atom. The second-order valence-electron chi connectivity index (χ2n) is 7.75. The van der Waals surface area contributed by atoms with E-state index in [-0.39, 0.29) is 29.6 Å². The van der Waals surface area contributed by atoms with Gasteiger partial charge in [0.2, 0.25) is 5.91 Å². The van der Waals surface area contributed by atoms with Gasteiger partial charge in [-0.2, -0.15) is 0 Å². The van der Waals surface area contributed by atoms with Gasteiger partial charge >= 0.3 is 0 Å². The first kappa shape index (κ1) is 15.8. The van der Waals surface area contributed by atoms with Gasteiger partial charge in [0.05, 0.1) is 29.3 Å². The van der Waals surface area contributed by atoms with Gasteiger partial charge in [0, 0.05) is 0 Å². The summed E-state index contributed by atoms with van der Waals surface area (Å²) in [5, 5.41) is 13.5. The quantitative estimate of drug-likeness (QED) is 0.837. The maximum absolute atomic E-state index is 12.2. The van der Waals surface area contributed by atoms with Crippen LogP contribution >= 0.6 is 0 Å². The number of nitrogens with one attached hydrogen (secondary N) is 1. The number of amides is 1. The van der Waals surface area contributed by atoms with Crippen LogP contribution in [-0.2, 0) is 9.53 Å². The Balaban J connectivity index is 1.91. The molecule has 1 atom stereocenters. The molecule has 116 valence electrons. The fourth-order valence-electron chi connectivity index (χ4n) is 3.72. The van der Waals surface area contributed by atoms with Crippen LogP contribution in [0.15, 0.2) is 0 Å². The van der Waals surface area contributed by atoms with Crippen molar-refractivity contribution in [2.75, 3.05) is 0 Å². The van der Waals surface area contributed by atoms with E-state index in [1.807, 2.05) is 13.8 Å². The molecule has 0 aromatic heterocycles. The highest BCUT2D eigenvalue weighted by Crippen LogP contribution is 2.37. The van der Waals surface area contributed by atoms with Gasteiger partial charge in [0.15, 0.2) is 0 Å². The van der Waals surface area contributed by atoms with Crippen LogP contribution in [0, 0.1) is 0 Å². The van der Waals surface area contributed by atoms with Crippen molar-refractivity contribution in [2.24, 2.45) is 0 Å². The minimum atomic E-state index is -0.790. The first-order chi connectivity index (χ1) is 9.12. The molecule has 1 saturated carbocycles. The molecule has 1 saturated heterocycles. The van der Waals surface area contributed by atoms with E-state index in [4.69, 9.17) is 4.74 Å². The van der Waals surface area contributed by atoms with Crippen molar-refractivity contribution in [1.82, 2.24) is 5.32 Å². The van der Waals surface area contributed by atoms with Crippen LogP contribution in [0.5, 0.6) is 0 Å². The van der Waals surface area contributed by atoms with Crippen LogP contribution in [0.4, 0.5) is 0 Å². The van der Waals surface area contributed by atoms with Crippen LogP contribution in [0.25, 0.3) is 0 Å². The Morgan fingerprint density at radius 2 is 1.80 bits per heavy atom. The number of rotatable bonds is 3. The Hall–Kier alpha value is -0.610. The van der Waals surface area contributed by atoms with Crippen LogP contribution < -0.4 is 5.32 Å². The molecule has 4 heteroatoms. The third-order valence-corrected chi connectivity index (χ3v) is 4.68. The summed E-state index contributed by atoms with van der Waals surface area (Å²) < 4.78 is 5.99. The molecule has 1 amide bonds. The zero-order chi connectivity index (χ0) is 15.0. The predicted octanol–water partition coefficient (Wildman–Crippen LogP) is 2.53. The molecule has 0 spiro atoms. The number of carbonyl (C=O) groups is 1. The van der Waals surface area contributed by atoms with Gasteiger partial charge in [-0.25, -0.2) is 0 Å². The lowest BCUT2D eigenvalue weighted by molar-refractivity contribution is -0.130. The smallest absolute Gasteiger partial charge is 0.223 e. The second kappa shape index (κ2) is 5.30. The fraction of sp³-hybridized carbons (Fsp3) is 0.938. The summed E-state index contributed by atoms with van der Waals surface area (Å²) in [6.45, 7) is 8.13. The van der Waals surface area contributed by atoms with E-state index >= 15 is 0 Å². The lowest BCUT2D eigenvalue weighted by Crippen LogP contribution is -2.48. The highest BCUT2D eigenvalue weighted by atomic mass is 16.5. The van der Waals surface area contributed by atoms with Crippen molar-refractivity contribution >= 4 is 5.91 Å². The molecule has 20 heavy (non-hydrogen) atoms. The summed E-state index contributed by atoms with van der Waals surface area (Å²) in [7, 11) is 0. The van der Waals surface area contributed by atoms with Gasteiger partial charge in [0.25, 0.3) is 0 Å². The molecular formula is C16H29NO3. The number of hydrogen-bond acceptors (Lipinski definition) is 3. The van der Waals surface area contributed by atoms with Crippen LogP contribution in [0.1, 0.15) is 72.6 Å². The van der Waals surface area contributed by atoms with E-state index in [0.717, 1.165) is 32.1 Å². The normalized spacial score (nSPS) is 30.9. The number of hydrogen-bond donors (Lipinski definition) is 2. The number of ether oxygens (including phenoxy) is 1. The molecule has 0 aromatic rings. The SMILES string of the molecule is CC1(C)CC(NC(=O)CC2(O)CCCCC2)C(C)(C)O1. The molecule has 1 aliphatic carbocycles. The zero-order valence-electron chi connectivity index (χ0n) is 13.3. The zero-order valence-corrected chi connectivity index (χ0v) is 13.3. The van der Waals surface area contributed by atoms with Gasteiger partial charge in [-0.05, 0) is 47.0 Å². The summed E-state index contributed by atoms with van der Waals surface area (Å²) >= 11 is 0. The maximum Gasteiger partial charge on any atom is 0.223 e. The van der Waals surface area contributed by atoms with Gasteiger partial charge in [0.1, 0.15) is 0 Å². The largest absolute Gasteiger partial charge is 0.389 e. The third-order valence-electron chi connectivity index (χ3n) is 4.68. The molecule has 1 heterocycles. The van der Waals surface area contributed by atoms with E-state index in [0.29, 0.717) is 0 Å². The van der Waals surface area contributed by atoms with Crippen molar-refractivity contribution in [3.8, 4) is 0 Å². The molecule has 4 nitrogen and oxygen atoms in total. The molecular weight excluding hydrogens is 254 g/mol. The Bertz CT molecular complexity index is 370. The predicted molar refractivity (Wildman–Crippen MR) is 78.4 cm³/mol. The van der Waals surface area contributed by atoms with E-state index in [2.05, 4.69) is 19.2 Å². The Kier molecular flexibility index (Phi) is 4.18. The van der Waals surface area contributed by atoms with Crippen LogP contribution in [-0.4, -0.2) is 33.9 Å². The van der Waals surface area contributed by atoms with Gasteiger partial charge < -0.3 is 15.2 Å². The second-order valence-corrected chi connectivity index (χ2v) is 7.75. The van der Waals surface area contributed by atoms with Crippen LogP contribution in [0.3, 0.4) is 0 Å². The monoisotopic (exact) mass is 283 g/mol. The van der Waals surface area contributed by atoms with Crippen molar-refractivity contribution < 1.29 is 14.6 Å². The molecule has 1 aliphatic heterocycles. The van der Waals surface area contributed by atoms with E-state index in [9.17, 15) is 9.90 Å². The molecule has 0 radical (unpaired) electrons. The van der Waals surface area contributed by atoms with Crippen LogP contribution in [0.2, 0.25) is 0 Å². The maximum atomic E-state index is 12.2. The lowest BCUT2D eigenvalue weighted by Gasteiger charge is -2.33. The van der Waals surface area contributed by atoms with Crippen molar-refractivity contribution in [3.63, 3.8) is 0 Å². The Labute approximate surface area is 122 Å². The minimum Gasteiger partial charge on any atom is -0.389 e. The summed E-state index contributed by atoms with van der Waals surface area (Å²) in [5.74, 6) is -0.0474. The molecule has 2 aliphatic rings. The van der Waals surface area contributed by atoms with E-state index < -0.39 is 5.60 Å². The van der Waals surface area contributed by atoms with Gasteiger partial charge in [-0.15, -0.1) is 0 Å². The molecule has 0 aromatic carbocycles. The summed E-state index contributed by atoms with van der Waals surface area (Å²) in [4.78, 5) is 12.2. The average Bonchev–Trinajstić information content (AvgIpc) is 2.46. The first-order valence-corrected chi connectivity index (χ1v) is 7.84. The standard InChI is InChI=1S/C16H29NO3/c1-14(2)10-12(15(3,4)20-14)17-13(18)11-16(19)8-6-5-7-9-16/h12,19H,5-11H2,1-4H3,(H,17,18). The van der Waals surface area contributed by atoms with Crippen molar-refractivity contribution in [1.29, 1.82) is 0 Å². The van der Waals surface area contributed by atoms with Crippen molar-refractivity contribution in [3.05, 3.63) is 0 Å². The van der Waals surface area contributed by atoms with Gasteiger partial charge in [-0.1, -0.05) is 19.3 Å². The third kappa shape index (κ3) is 3.73. The average molecular weight is 283 g/mol. The van der Waals surface area contributed by atoms with E-state index in [1.165, 1.54) is 6.42 Å². The summed E-state index contributed by atoms with van der Waals surface area (Å²) in [6, 6.07) is 0.0113. The molecule has 2 fully saturated rings. The van der Waals surface area contributed by atoms with Gasteiger partial charge in [-0.3, -0.25) is 4.79 Å². The number of aliphatic hydroxyl groups is 1. The highest BCUT2D eigenvalue weighted by molar-refractivity contribution is 5.77. The first-order valence-electron chi connectivity index (χ1n) is 7.84. The lowest BCUT2D eigenvalue weighted by atomic mass is 9.82. The fourth-order valence-corrected chi connectivity index (χ4v) is 3.72. The summed E-state index contributed by atoms with van der Waals surface area (Å²) in [6.07, 6.45) is 5.74.